The number of epoxide rings is 1. The van der Waals surface area contributed by atoms with Crippen LogP contribution >= 0.6 is 0 Å². The summed E-state index contributed by atoms with van der Waals surface area (Å²) in [7, 11) is 0. The molecule has 0 amide bonds. The van der Waals surface area contributed by atoms with E-state index in [9.17, 15) is 0 Å². The molecule has 0 N–H and O–H groups in total. The minimum Gasteiger partial charge on any atom is -0.369 e. The quantitative estimate of drug-likeness (QED) is 0.209. The lowest BCUT2D eigenvalue weighted by Crippen LogP contribution is -1.92. The third-order valence-corrected chi connectivity index (χ3v) is 4.17. The highest BCUT2D eigenvalue weighted by molar-refractivity contribution is 5.01. The lowest BCUT2D eigenvalue weighted by atomic mass is 10.0. The second-order valence-corrected chi connectivity index (χ2v) is 6.08. The minimum atomic E-state index is 0.504. The van der Waals surface area contributed by atoms with Crippen molar-refractivity contribution >= 4 is 0 Å². The average Bonchev–Trinajstić information content (AvgIpc) is 3.20. The van der Waals surface area contributed by atoms with Gasteiger partial charge in [0.25, 0.3) is 0 Å². The molecule has 1 fully saturated rings. The summed E-state index contributed by atoms with van der Waals surface area (Å²) < 4.78 is 5.66. The van der Waals surface area contributed by atoms with Crippen LogP contribution in [-0.2, 0) is 4.74 Å². The molecule has 0 aliphatic carbocycles. The first kappa shape index (κ1) is 17.5. The van der Waals surface area contributed by atoms with Crippen LogP contribution in [-0.4, -0.2) is 12.2 Å². The summed E-state index contributed by atoms with van der Waals surface area (Å²) >= 11 is 0. The molecule has 0 saturated carbocycles. The van der Waals surface area contributed by atoms with Crippen molar-refractivity contribution in [3.8, 4) is 0 Å². The summed E-state index contributed by atoms with van der Waals surface area (Å²) in [5, 5.41) is 0. The van der Waals surface area contributed by atoms with Crippen molar-refractivity contribution < 1.29 is 4.74 Å². The Kier molecular flexibility index (Phi) is 10.7. The fourth-order valence-electron chi connectivity index (χ4n) is 2.78. The van der Waals surface area contributed by atoms with E-state index in [1.807, 2.05) is 12.2 Å². The van der Waals surface area contributed by atoms with Gasteiger partial charge in [0.2, 0.25) is 0 Å². The molecule has 1 heterocycles. The normalized spacial score (nSPS) is 21.4. The molecule has 0 aromatic rings. The van der Waals surface area contributed by atoms with Crippen LogP contribution in [0.15, 0.2) is 24.8 Å². The van der Waals surface area contributed by atoms with Gasteiger partial charge < -0.3 is 4.74 Å². The molecule has 1 aliphatic rings. The van der Waals surface area contributed by atoms with Gasteiger partial charge >= 0.3 is 0 Å². The highest BCUT2D eigenvalue weighted by Gasteiger charge is 2.36. The molecular weight excluding hydrogens is 244 g/mol. The van der Waals surface area contributed by atoms with Crippen LogP contribution in [0.25, 0.3) is 0 Å². The van der Waals surface area contributed by atoms with Gasteiger partial charge in [0, 0.05) is 0 Å². The zero-order chi connectivity index (χ0) is 14.5. The molecule has 20 heavy (non-hydrogen) atoms. The second-order valence-electron chi connectivity index (χ2n) is 6.08. The second kappa shape index (κ2) is 12.2. The van der Waals surface area contributed by atoms with Crippen molar-refractivity contribution in [3.05, 3.63) is 24.8 Å². The number of ether oxygens (including phenoxy) is 1. The predicted octanol–water partition coefficient (Wildman–Crippen LogP) is 6.20. The Labute approximate surface area is 126 Å². The van der Waals surface area contributed by atoms with E-state index in [1.54, 1.807) is 0 Å². The Balaban J connectivity index is 1.75. The van der Waals surface area contributed by atoms with E-state index in [2.05, 4.69) is 19.6 Å². The molecule has 1 aliphatic heterocycles. The summed E-state index contributed by atoms with van der Waals surface area (Å²) in [6.07, 6.45) is 23.5. The zero-order valence-corrected chi connectivity index (χ0v) is 13.5. The molecule has 1 saturated heterocycles. The third-order valence-electron chi connectivity index (χ3n) is 4.17. The summed E-state index contributed by atoms with van der Waals surface area (Å²) in [4.78, 5) is 0. The third kappa shape index (κ3) is 9.36. The van der Waals surface area contributed by atoms with Gasteiger partial charge in [-0.2, -0.15) is 0 Å². The van der Waals surface area contributed by atoms with Crippen molar-refractivity contribution in [2.45, 2.75) is 96.2 Å². The monoisotopic (exact) mass is 278 g/mol. The average molecular weight is 278 g/mol. The van der Waals surface area contributed by atoms with E-state index < -0.39 is 0 Å². The standard InChI is InChI=1S/C19H34O/c1-3-5-7-8-9-10-11-12-13-15-17-19-18(20-19)16-14-6-4-2/h4,6,14,18-19H,2-3,5,7-13,15-17H2,1H3/b14-6-. The first-order valence-electron chi connectivity index (χ1n) is 8.81. The molecule has 0 aromatic heterocycles. The van der Waals surface area contributed by atoms with Crippen molar-refractivity contribution in [3.63, 3.8) is 0 Å². The summed E-state index contributed by atoms with van der Waals surface area (Å²) in [6.45, 7) is 5.96. The largest absolute Gasteiger partial charge is 0.369 e. The molecule has 2 atom stereocenters. The smallest absolute Gasteiger partial charge is 0.0876 e. The van der Waals surface area contributed by atoms with E-state index in [0.29, 0.717) is 12.2 Å². The molecular formula is C19H34O. The van der Waals surface area contributed by atoms with Crippen LogP contribution in [0.1, 0.15) is 84.0 Å². The topological polar surface area (TPSA) is 12.5 Å². The number of unbranched alkanes of at least 4 members (excludes halogenated alkanes) is 9. The van der Waals surface area contributed by atoms with Crippen molar-refractivity contribution in [1.82, 2.24) is 0 Å². The molecule has 1 rings (SSSR count). The Hall–Kier alpha value is -0.560. The fourth-order valence-corrected chi connectivity index (χ4v) is 2.78. The van der Waals surface area contributed by atoms with Gasteiger partial charge in [-0.3, -0.25) is 0 Å². The summed E-state index contributed by atoms with van der Waals surface area (Å²) in [5.41, 5.74) is 0. The van der Waals surface area contributed by atoms with Gasteiger partial charge in [-0.05, 0) is 12.8 Å². The predicted molar refractivity (Wildman–Crippen MR) is 89.1 cm³/mol. The Morgan fingerprint density at radius 3 is 2.05 bits per heavy atom. The number of rotatable bonds is 14. The molecule has 0 bridgehead atoms. The van der Waals surface area contributed by atoms with Crippen LogP contribution < -0.4 is 0 Å². The minimum absolute atomic E-state index is 0.504. The summed E-state index contributed by atoms with van der Waals surface area (Å²) in [6, 6.07) is 0. The molecule has 0 aromatic carbocycles. The maximum absolute atomic E-state index is 5.66. The van der Waals surface area contributed by atoms with Crippen LogP contribution in [0, 0.1) is 0 Å². The SMILES string of the molecule is C=C/C=C\CC1OC1CCCCCCCCCCCC. The lowest BCUT2D eigenvalue weighted by Gasteiger charge is -2.01. The maximum atomic E-state index is 5.66. The molecule has 0 radical (unpaired) electrons. The highest BCUT2D eigenvalue weighted by atomic mass is 16.6. The van der Waals surface area contributed by atoms with Gasteiger partial charge in [0.15, 0.2) is 0 Å². The Bertz CT molecular complexity index is 256. The molecule has 2 unspecified atom stereocenters. The lowest BCUT2D eigenvalue weighted by molar-refractivity contribution is 0.358. The van der Waals surface area contributed by atoms with E-state index >= 15 is 0 Å². The van der Waals surface area contributed by atoms with Gasteiger partial charge in [-0.25, -0.2) is 0 Å². The van der Waals surface area contributed by atoms with Gasteiger partial charge in [0.1, 0.15) is 0 Å². The van der Waals surface area contributed by atoms with Crippen LogP contribution in [0.3, 0.4) is 0 Å². The van der Waals surface area contributed by atoms with Crippen molar-refractivity contribution in [1.29, 1.82) is 0 Å². The molecule has 1 nitrogen and oxygen atoms in total. The van der Waals surface area contributed by atoms with Crippen molar-refractivity contribution in [2.24, 2.45) is 0 Å². The van der Waals surface area contributed by atoms with E-state index in [0.717, 1.165) is 6.42 Å². The zero-order valence-electron chi connectivity index (χ0n) is 13.5. The van der Waals surface area contributed by atoms with Crippen LogP contribution in [0.2, 0.25) is 0 Å². The van der Waals surface area contributed by atoms with E-state index in [4.69, 9.17) is 4.74 Å². The van der Waals surface area contributed by atoms with E-state index in [-0.39, 0.29) is 0 Å². The van der Waals surface area contributed by atoms with E-state index in [1.165, 1.54) is 70.6 Å². The first-order valence-corrected chi connectivity index (χ1v) is 8.81. The van der Waals surface area contributed by atoms with Crippen molar-refractivity contribution in [2.75, 3.05) is 0 Å². The van der Waals surface area contributed by atoms with Crippen LogP contribution in [0.4, 0.5) is 0 Å². The number of hydrogen-bond acceptors (Lipinski definition) is 1. The highest BCUT2D eigenvalue weighted by Crippen LogP contribution is 2.30. The fraction of sp³-hybridized carbons (Fsp3) is 0.789. The number of allylic oxidation sites excluding steroid dienone is 2. The Morgan fingerprint density at radius 1 is 0.850 bits per heavy atom. The van der Waals surface area contributed by atoms with Crippen LogP contribution in [0.5, 0.6) is 0 Å². The molecule has 0 spiro atoms. The maximum Gasteiger partial charge on any atom is 0.0876 e. The molecule has 1 heteroatoms. The summed E-state index contributed by atoms with van der Waals surface area (Å²) in [5.74, 6) is 0. The Morgan fingerprint density at radius 2 is 1.45 bits per heavy atom. The first-order chi connectivity index (χ1) is 9.88. The number of hydrogen-bond donors (Lipinski definition) is 0. The van der Waals surface area contributed by atoms with Gasteiger partial charge in [-0.1, -0.05) is 95.9 Å². The molecule has 116 valence electrons. The van der Waals surface area contributed by atoms with Gasteiger partial charge in [-0.15, -0.1) is 0 Å². The van der Waals surface area contributed by atoms with Gasteiger partial charge in [0.05, 0.1) is 12.2 Å².